The minimum absolute atomic E-state index is 0.0630. The van der Waals surface area contributed by atoms with E-state index in [1.54, 1.807) is 6.07 Å². The summed E-state index contributed by atoms with van der Waals surface area (Å²) in [5, 5.41) is 3.61. The molecule has 0 bridgehead atoms. The molecule has 1 aromatic heterocycles. The number of nitrogens with zero attached hydrogens (tertiary/aromatic N) is 2. The molecule has 1 N–H and O–H groups in total. The lowest BCUT2D eigenvalue weighted by Gasteiger charge is -2.21. The molecule has 0 spiro atoms. The zero-order valence-electron chi connectivity index (χ0n) is 12.3. The van der Waals surface area contributed by atoms with Crippen molar-refractivity contribution in [3.05, 3.63) is 22.8 Å². The summed E-state index contributed by atoms with van der Waals surface area (Å²) in [7, 11) is 0. The van der Waals surface area contributed by atoms with Gasteiger partial charge in [0.05, 0.1) is 5.02 Å². The van der Waals surface area contributed by atoms with Crippen molar-refractivity contribution in [2.45, 2.75) is 39.7 Å². The summed E-state index contributed by atoms with van der Waals surface area (Å²) < 4.78 is 0. The van der Waals surface area contributed by atoms with Gasteiger partial charge in [-0.25, -0.2) is 4.98 Å². The number of amides is 1. The van der Waals surface area contributed by atoms with Gasteiger partial charge in [0.15, 0.2) is 0 Å². The van der Waals surface area contributed by atoms with Crippen LogP contribution >= 0.6 is 11.6 Å². The molecule has 2 unspecified atom stereocenters. The quantitative estimate of drug-likeness (QED) is 0.925. The van der Waals surface area contributed by atoms with E-state index in [0.29, 0.717) is 22.5 Å². The van der Waals surface area contributed by atoms with Crippen molar-refractivity contribution in [3.63, 3.8) is 0 Å². The van der Waals surface area contributed by atoms with Gasteiger partial charge < -0.3 is 10.2 Å². The predicted octanol–water partition coefficient (Wildman–Crippen LogP) is 3.43. The Bertz CT molecular complexity index is 492. The molecule has 1 fully saturated rings. The Morgan fingerprint density at radius 3 is 2.85 bits per heavy atom. The van der Waals surface area contributed by atoms with E-state index in [-0.39, 0.29) is 11.9 Å². The summed E-state index contributed by atoms with van der Waals surface area (Å²) in [6.07, 6.45) is 2.05. The average Bonchev–Trinajstić information content (AvgIpc) is 2.76. The highest BCUT2D eigenvalue weighted by molar-refractivity contribution is 6.33. The standard InChI is InChI=1S/C15H22ClN3O/c1-4-7-17-13-6-5-12(16)14(18-13)15(20)19-9-10(2)8-11(19)3/h5-6,10-11H,4,7-9H2,1-3H3,(H,17,18). The number of anilines is 1. The maximum Gasteiger partial charge on any atom is 0.274 e. The van der Waals surface area contributed by atoms with Crippen molar-refractivity contribution in [1.29, 1.82) is 0 Å². The fourth-order valence-corrected chi connectivity index (χ4v) is 2.85. The molecule has 1 aliphatic rings. The molecule has 2 rings (SSSR count). The number of rotatable bonds is 4. The number of likely N-dealkylation sites (tertiary alicyclic amines) is 1. The van der Waals surface area contributed by atoms with Crippen LogP contribution in [0.15, 0.2) is 12.1 Å². The zero-order chi connectivity index (χ0) is 14.7. The van der Waals surface area contributed by atoms with Crippen molar-refractivity contribution in [2.24, 2.45) is 5.92 Å². The molecule has 0 aliphatic carbocycles. The van der Waals surface area contributed by atoms with Gasteiger partial charge in [-0.2, -0.15) is 0 Å². The highest BCUT2D eigenvalue weighted by atomic mass is 35.5. The minimum atomic E-state index is -0.0630. The van der Waals surface area contributed by atoms with Gasteiger partial charge in [-0.1, -0.05) is 25.4 Å². The number of hydrogen-bond acceptors (Lipinski definition) is 3. The number of aromatic nitrogens is 1. The second-order valence-electron chi connectivity index (χ2n) is 5.60. The first kappa shape index (κ1) is 15.1. The van der Waals surface area contributed by atoms with Gasteiger partial charge in [0.25, 0.3) is 5.91 Å². The van der Waals surface area contributed by atoms with E-state index < -0.39 is 0 Å². The Morgan fingerprint density at radius 1 is 1.50 bits per heavy atom. The molecule has 2 heterocycles. The van der Waals surface area contributed by atoms with Gasteiger partial charge in [-0.3, -0.25) is 4.79 Å². The Kier molecular flexibility index (Phi) is 4.86. The molecule has 1 amide bonds. The van der Waals surface area contributed by atoms with Gasteiger partial charge in [0.2, 0.25) is 0 Å². The summed E-state index contributed by atoms with van der Waals surface area (Å²) in [6, 6.07) is 3.80. The van der Waals surface area contributed by atoms with Crippen LogP contribution in [0.2, 0.25) is 5.02 Å². The maximum absolute atomic E-state index is 12.6. The monoisotopic (exact) mass is 295 g/mol. The van der Waals surface area contributed by atoms with Crippen LogP contribution in [0.5, 0.6) is 0 Å². The van der Waals surface area contributed by atoms with E-state index in [9.17, 15) is 4.79 Å². The molecule has 2 atom stereocenters. The Balaban J connectivity index is 2.20. The highest BCUT2D eigenvalue weighted by Crippen LogP contribution is 2.26. The number of carbonyl (C=O) groups excluding carboxylic acids is 1. The van der Waals surface area contributed by atoms with E-state index in [1.165, 1.54) is 0 Å². The normalized spacial score (nSPS) is 22.1. The lowest BCUT2D eigenvalue weighted by atomic mass is 10.1. The van der Waals surface area contributed by atoms with Crippen LogP contribution in [0.25, 0.3) is 0 Å². The Labute approximate surface area is 125 Å². The molecule has 110 valence electrons. The fraction of sp³-hybridized carbons (Fsp3) is 0.600. The Morgan fingerprint density at radius 2 is 2.25 bits per heavy atom. The predicted molar refractivity (Wildman–Crippen MR) is 82.3 cm³/mol. The van der Waals surface area contributed by atoms with E-state index in [2.05, 4.69) is 31.1 Å². The number of hydrogen-bond donors (Lipinski definition) is 1. The summed E-state index contributed by atoms with van der Waals surface area (Å²) in [5.74, 6) is 1.18. The van der Waals surface area contributed by atoms with Gasteiger partial charge in [-0.05, 0) is 37.8 Å². The topological polar surface area (TPSA) is 45.2 Å². The van der Waals surface area contributed by atoms with Gasteiger partial charge in [0, 0.05) is 19.1 Å². The minimum Gasteiger partial charge on any atom is -0.370 e. The van der Waals surface area contributed by atoms with Crippen LogP contribution in [-0.2, 0) is 0 Å². The second kappa shape index (κ2) is 6.44. The molecule has 1 aromatic rings. The van der Waals surface area contributed by atoms with Crippen LogP contribution in [-0.4, -0.2) is 34.9 Å². The number of halogens is 1. The van der Waals surface area contributed by atoms with Crippen molar-refractivity contribution >= 4 is 23.3 Å². The number of nitrogens with one attached hydrogen (secondary N) is 1. The highest BCUT2D eigenvalue weighted by Gasteiger charge is 2.32. The summed E-state index contributed by atoms with van der Waals surface area (Å²) in [6.45, 7) is 7.94. The first-order valence-electron chi connectivity index (χ1n) is 7.24. The molecule has 4 nitrogen and oxygen atoms in total. The smallest absolute Gasteiger partial charge is 0.274 e. The van der Waals surface area contributed by atoms with Crippen LogP contribution in [0.1, 0.15) is 44.1 Å². The molecule has 0 saturated carbocycles. The SMILES string of the molecule is CCCNc1ccc(Cl)c(C(=O)N2CC(C)CC2C)n1. The summed E-state index contributed by atoms with van der Waals surface area (Å²) >= 11 is 6.15. The average molecular weight is 296 g/mol. The van der Waals surface area contributed by atoms with Crippen molar-refractivity contribution in [3.8, 4) is 0 Å². The van der Waals surface area contributed by atoms with Crippen LogP contribution in [0.3, 0.4) is 0 Å². The third-order valence-corrected chi connectivity index (χ3v) is 3.95. The number of pyridine rings is 1. The van der Waals surface area contributed by atoms with Crippen molar-refractivity contribution in [1.82, 2.24) is 9.88 Å². The molecule has 0 radical (unpaired) electrons. The molecule has 1 aliphatic heterocycles. The van der Waals surface area contributed by atoms with E-state index in [1.807, 2.05) is 11.0 Å². The lowest BCUT2D eigenvalue weighted by molar-refractivity contribution is 0.0738. The third-order valence-electron chi connectivity index (χ3n) is 3.65. The van der Waals surface area contributed by atoms with Gasteiger partial charge >= 0.3 is 0 Å². The fourth-order valence-electron chi connectivity index (χ4n) is 2.66. The van der Waals surface area contributed by atoms with Crippen LogP contribution in [0.4, 0.5) is 5.82 Å². The van der Waals surface area contributed by atoms with Crippen LogP contribution < -0.4 is 5.32 Å². The van der Waals surface area contributed by atoms with Gasteiger partial charge in [0.1, 0.15) is 11.5 Å². The zero-order valence-corrected chi connectivity index (χ0v) is 13.1. The molecular formula is C15H22ClN3O. The molecule has 20 heavy (non-hydrogen) atoms. The van der Waals surface area contributed by atoms with Crippen LogP contribution in [0, 0.1) is 5.92 Å². The first-order chi connectivity index (χ1) is 9.52. The van der Waals surface area contributed by atoms with E-state index in [4.69, 9.17) is 11.6 Å². The third kappa shape index (κ3) is 3.23. The Hall–Kier alpha value is -1.29. The van der Waals surface area contributed by atoms with Crippen molar-refractivity contribution in [2.75, 3.05) is 18.4 Å². The molecule has 0 aromatic carbocycles. The maximum atomic E-state index is 12.6. The molecular weight excluding hydrogens is 274 g/mol. The molecule has 5 heteroatoms. The van der Waals surface area contributed by atoms with Crippen molar-refractivity contribution < 1.29 is 4.79 Å². The lowest BCUT2D eigenvalue weighted by Crippen LogP contribution is -2.34. The van der Waals surface area contributed by atoms with Gasteiger partial charge in [-0.15, -0.1) is 0 Å². The largest absolute Gasteiger partial charge is 0.370 e. The summed E-state index contributed by atoms with van der Waals surface area (Å²) in [5.41, 5.74) is 0.355. The summed E-state index contributed by atoms with van der Waals surface area (Å²) in [4.78, 5) is 18.9. The second-order valence-corrected chi connectivity index (χ2v) is 6.01. The molecule has 1 saturated heterocycles. The number of carbonyl (C=O) groups is 1. The van der Waals surface area contributed by atoms with E-state index in [0.717, 1.165) is 25.9 Å². The first-order valence-corrected chi connectivity index (χ1v) is 7.62. The van der Waals surface area contributed by atoms with E-state index >= 15 is 0 Å².